The van der Waals surface area contributed by atoms with Crippen LogP contribution in [0, 0.1) is 0 Å². The number of nitrogens with two attached hydrogens (primary N) is 1. The van der Waals surface area contributed by atoms with E-state index >= 15 is 0 Å². The molecule has 0 spiro atoms. The number of imidazole rings is 1. The Morgan fingerprint density at radius 2 is 1.74 bits per heavy atom. The summed E-state index contributed by atoms with van der Waals surface area (Å²) >= 11 is 0. The number of rotatable bonds is 6. The van der Waals surface area contributed by atoms with E-state index in [1.54, 1.807) is 6.33 Å². The van der Waals surface area contributed by atoms with Crippen molar-refractivity contribution >= 4 is 17.1 Å². The van der Waals surface area contributed by atoms with E-state index in [9.17, 15) is 5.11 Å². The molecule has 7 nitrogen and oxygen atoms in total. The number of hydrogen-bond donors (Lipinski definition) is 2. The van der Waals surface area contributed by atoms with Gasteiger partial charge in [-0.15, -0.1) is 0 Å². The van der Waals surface area contributed by atoms with Gasteiger partial charge < -0.3 is 20.1 Å². The summed E-state index contributed by atoms with van der Waals surface area (Å²) in [5, 5.41) is 9.26. The van der Waals surface area contributed by atoms with E-state index in [0.717, 1.165) is 16.7 Å². The molecule has 7 heteroatoms. The Labute approximate surface area is 156 Å². The number of aliphatic hydroxyl groups excluding tert-OH is 1. The first-order valence-electron chi connectivity index (χ1n) is 8.56. The summed E-state index contributed by atoms with van der Waals surface area (Å²) in [6, 6.07) is 17.6. The number of nitrogen functional groups attached to an aromatic ring is 1. The number of aromatic nitrogens is 4. The minimum atomic E-state index is -0.0115. The van der Waals surface area contributed by atoms with Gasteiger partial charge in [0, 0.05) is 0 Å². The molecule has 136 valence electrons. The molecule has 0 bridgehead atoms. The fourth-order valence-electron chi connectivity index (χ4n) is 2.90. The normalized spacial score (nSPS) is 11.0. The third kappa shape index (κ3) is 3.73. The molecular weight excluding hydrogens is 342 g/mol. The summed E-state index contributed by atoms with van der Waals surface area (Å²) in [5.74, 6) is 0.482. The van der Waals surface area contributed by atoms with Crippen molar-refractivity contribution in [3.8, 4) is 5.88 Å². The second-order valence-electron chi connectivity index (χ2n) is 6.18. The lowest BCUT2D eigenvalue weighted by atomic mass is 10.1. The molecule has 0 atom stereocenters. The Morgan fingerprint density at radius 1 is 0.963 bits per heavy atom. The highest BCUT2D eigenvalue weighted by molar-refractivity contribution is 5.77. The smallest absolute Gasteiger partial charge is 0.247 e. The molecule has 0 fully saturated rings. The van der Waals surface area contributed by atoms with E-state index < -0.39 is 0 Å². The molecule has 2 aromatic heterocycles. The van der Waals surface area contributed by atoms with Gasteiger partial charge in [-0.05, 0) is 16.7 Å². The predicted octanol–water partition coefficient (Wildman–Crippen LogP) is 2.53. The van der Waals surface area contributed by atoms with Gasteiger partial charge in [-0.3, -0.25) is 0 Å². The van der Waals surface area contributed by atoms with Crippen molar-refractivity contribution in [1.29, 1.82) is 0 Å². The summed E-state index contributed by atoms with van der Waals surface area (Å²) in [4.78, 5) is 12.9. The van der Waals surface area contributed by atoms with E-state index in [0.29, 0.717) is 30.2 Å². The Balaban J connectivity index is 1.61. The van der Waals surface area contributed by atoms with Gasteiger partial charge >= 0.3 is 0 Å². The predicted molar refractivity (Wildman–Crippen MR) is 102 cm³/mol. The van der Waals surface area contributed by atoms with E-state index in [1.165, 1.54) is 0 Å². The van der Waals surface area contributed by atoms with Crippen LogP contribution in [0.2, 0.25) is 0 Å². The number of benzene rings is 2. The average molecular weight is 361 g/mol. The van der Waals surface area contributed by atoms with Gasteiger partial charge in [0.25, 0.3) is 0 Å². The van der Waals surface area contributed by atoms with Crippen LogP contribution in [0.5, 0.6) is 5.88 Å². The molecule has 2 aromatic carbocycles. The third-order valence-corrected chi connectivity index (χ3v) is 4.19. The highest BCUT2D eigenvalue weighted by Gasteiger charge is 2.14. The minimum absolute atomic E-state index is 0.0115. The van der Waals surface area contributed by atoms with Crippen LogP contribution in [0.25, 0.3) is 11.2 Å². The fourth-order valence-corrected chi connectivity index (χ4v) is 2.90. The summed E-state index contributed by atoms with van der Waals surface area (Å²) in [5.41, 5.74) is 9.97. The quantitative estimate of drug-likeness (QED) is 0.547. The zero-order chi connectivity index (χ0) is 18.6. The summed E-state index contributed by atoms with van der Waals surface area (Å²) in [7, 11) is 0. The molecule has 0 saturated carbocycles. The lowest BCUT2D eigenvalue weighted by molar-refractivity contribution is 0.279. The first-order chi connectivity index (χ1) is 13.2. The van der Waals surface area contributed by atoms with Crippen LogP contribution in [-0.2, 0) is 19.8 Å². The molecule has 0 saturated heterocycles. The van der Waals surface area contributed by atoms with Crippen LogP contribution < -0.4 is 10.5 Å². The number of ether oxygens (including phenoxy) is 1. The van der Waals surface area contributed by atoms with Gasteiger partial charge in [0.2, 0.25) is 11.8 Å². The van der Waals surface area contributed by atoms with Gasteiger partial charge in [0.1, 0.15) is 6.61 Å². The number of anilines is 1. The number of aliphatic hydroxyl groups is 1. The maximum Gasteiger partial charge on any atom is 0.247 e. The second-order valence-corrected chi connectivity index (χ2v) is 6.18. The number of nitrogens with zero attached hydrogens (tertiary/aromatic N) is 4. The maximum atomic E-state index is 9.26. The molecule has 0 amide bonds. The third-order valence-electron chi connectivity index (χ3n) is 4.19. The number of fused-ring (bicyclic) bond motifs is 1. The van der Waals surface area contributed by atoms with Gasteiger partial charge in [0.05, 0.1) is 19.5 Å². The van der Waals surface area contributed by atoms with E-state index in [1.807, 2.05) is 59.2 Å². The lowest BCUT2D eigenvalue weighted by Gasteiger charge is -2.08. The molecular formula is C20H19N5O2. The zero-order valence-electron chi connectivity index (χ0n) is 14.6. The van der Waals surface area contributed by atoms with Crippen LogP contribution >= 0.6 is 0 Å². The molecule has 0 radical (unpaired) electrons. The van der Waals surface area contributed by atoms with Crippen molar-refractivity contribution in [2.45, 2.75) is 19.8 Å². The summed E-state index contributed by atoms with van der Waals surface area (Å²) < 4.78 is 7.78. The van der Waals surface area contributed by atoms with Crippen LogP contribution in [-0.4, -0.2) is 24.6 Å². The van der Waals surface area contributed by atoms with Crippen molar-refractivity contribution in [3.05, 3.63) is 77.6 Å². The van der Waals surface area contributed by atoms with E-state index in [4.69, 9.17) is 10.5 Å². The Kier molecular flexibility index (Phi) is 4.67. The molecule has 3 N–H and O–H groups in total. The van der Waals surface area contributed by atoms with Gasteiger partial charge in [-0.25, -0.2) is 4.98 Å². The summed E-state index contributed by atoms with van der Waals surface area (Å²) in [6.45, 7) is 0.916. The molecule has 0 aliphatic carbocycles. The van der Waals surface area contributed by atoms with Gasteiger partial charge in [-0.2, -0.15) is 9.97 Å². The molecule has 2 heterocycles. The fraction of sp³-hybridized carbons (Fsp3) is 0.150. The standard InChI is InChI=1S/C20H19N5O2/c21-20-23-18-17(22-13-25(18)10-14-5-2-1-3-6-14)19(24-20)27-12-16-8-4-7-15(9-16)11-26/h1-9,13,26H,10-12H2,(H2,21,23,24). The second kappa shape index (κ2) is 7.43. The molecule has 27 heavy (non-hydrogen) atoms. The maximum absolute atomic E-state index is 9.26. The molecule has 0 aliphatic heterocycles. The first-order valence-corrected chi connectivity index (χ1v) is 8.56. The molecule has 4 aromatic rings. The Morgan fingerprint density at radius 3 is 2.56 bits per heavy atom. The van der Waals surface area contributed by atoms with Crippen molar-refractivity contribution in [1.82, 2.24) is 19.5 Å². The molecule has 4 rings (SSSR count). The van der Waals surface area contributed by atoms with E-state index in [2.05, 4.69) is 15.0 Å². The largest absolute Gasteiger partial charge is 0.471 e. The highest BCUT2D eigenvalue weighted by atomic mass is 16.5. The zero-order valence-corrected chi connectivity index (χ0v) is 14.6. The van der Waals surface area contributed by atoms with E-state index in [-0.39, 0.29) is 12.6 Å². The minimum Gasteiger partial charge on any atom is -0.471 e. The van der Waals surface area contributed by atoms with Gasteiger partial charge in [-0.1, -0.05) is 54.6 Å². The monoisotopic (exact) mass is 361 g/mol. The van der Waals surface area contributed by atoms with Crippen molar-refractivity contribution < 1.29 is 9.84 Å². The van der Waals surface area contributed by atoms with Crippen LogP contribution in [0.15, 0.2) is 60.9 Å². The van der Waals surface area contributed by atoms with Gasteiger partial charge in [0.15, 0.2) is 11.2 Å². The SMILES string of the molecule is Nc1nc(OCc2cccc(CO)c2)c2ncn(Cc3ccccc3)c2n1. The Hall–Kier alpha value is -3.45. The molecule has 0 unspecified atom stereocenters. The molecule has 0 aliphatic rings. The summed E-state index contributed by atoms with van der Waals surface area (Å²) in [6.07, 6.45) is 1.71. The average Bonchev–Trinajstić information content (AvgIpc) is 3.09. The van der Waals surface area contributed by atoms with Crippen LogP contribution in [0.1, 0.15) is 16.7 Å². The van der Waals surface area contributed by atoms with Crippen molar-refractivity contribution in [2.24, 2.45) is 0 Å². The van der Waals surface area contributed by atoms with Crippen LogP contribution in [0.4, 0.5) is 5.95 Å². The number of hydrogen-bond acceptors (Lipinski definition) is 6. The highest BCUT2D eigenvalue weighted by Crippen LogP contribution is 2.23. The first kappa shape index (κ1) is 17.0. The Bertz CT molecular complexity index is 1060. The van der Waals surface area contributed by atoms with Crippen molar-refractivity contribution in [2.75, 3.05) is 5.73 Å². The lowest BCUT2D eigenvalue weighted by Crippen LogP contribution is -2.05. The van der Waals surface area contributed by atoms with Crippen molar-refractivity contribution in [3.63, 3.8) is 0 Å². The van der Waals surface area contributed by atoms with Crippen LogP contribution in [0.3, 0.4) is 0 Å². The topological polar surface area (TPSA) is 99.1 Å².